The fraction of sp³-hybridized carbons (Fsp3) is 0.0870. The number of rotatable bonds is 4. The number of hydrogen-bond donors (Lipinski definition) is 1. The summed E-state index contributed by atoms with van der Waals surface area (Å²) in [6.45, 7) is 3.83. The van der Waals surface area contributed by atoms with Crippen molar-refractivity contribution in [2.24, 2.45) is 0 Å². The molecule has 2 nitrogen and oxygen atoms in total. The quantitative estimate of drug-likeness (QED) is 0.363. The first-order chi connectivity index (χ1) is 12.0. The molecule has 25 heavy (non-hydrogen) atoms. The van der Waals surface area contributed by atoms with Gasteiger partial charge in [0.2, 0.25) is 0 Å². The molecule has 3 rings (SSSR count). The second kappa shape index (κ2) is 7.18. The van der Waals surface area contributed by atoms with E-state index in [4.69, 9.17) is 5.11 Å². The van der Waals surface area contributed by atoms with Crippen LogP contribution in [0.3, 0.4) is 0 Å². The Balaban J connectivity index is 1.92. The van der Waals surface area contributed by atoms with Crippen molar-refractivity contribution in [3.8, 4) is 0 Å². The van der Waals surface area contributed by atoms with Crippen LogP contribution in [-0.4, -0.2) is 11.1 Å². The van der Waals surface area contributed by atoms with Gasteiger partial charge in [0, 0.05) is 6.08 Å². The number of carboxylic acid groups (broad SMARTS) is 1. The van der Waals surface area contributed by atoms with Crippen LogP contribution in [0.2, 0.25) is 0 Å². The normalized spacial score (nSPS) is 13.0. The maximum absolute atomic E-state index is 10.6. The number of fused-ring (bicyclic) bond motifs is 2. The molecule has 0 heterocycles. The summed E-state index contributed by atoms with van der Waals surface area (Å²) in [5, 5.41) is 13.7. The number of hydrogen-bond acceptors (Lipinski definition) is 1. The molecule has 3 aromatic rings. The first kappa shape index (κ1) is 16.7. The van der Waals surface area contributed by atoms with E-state index in [2.05, 4.69) is 61.5 Å². The molecule has 0 atom stereocenters. The van der Waals surface area contributed by atoms with Gasteiger partial charge in [0.25, 0.3) is 0 Å². The van der Waals surface area contributed by atoms with Crippen LogP contribution in [0.4, 0.5) is 0 Å². The van der Waals surface area contributed by atoms with Crippen LogP contribution < -0.4 is 0 Å². The highest BCUT2D eigenvalue weighted by Crippen LogP contribution is 2.26. The minimum Gasteiger partial charge on any atom is -0.478 e. The van der Waals surface area contributed by atoms with E-state index in [1.807, 2.05) is 12.2 Å². The highest BCUT2D eigenvalue weighted by molar-refractivity contribution is 5.99. The lowest BCUT2D eigenvalue weighted by Crippen LogP contribution is -1.87. The standard InChI is InChI=1S/C23H20O2/c1-16(12-23(24)25)6-5-7-17(2)18-10-11-21-14-19-8-3-4-9-20(19)15-22(21)13-18/h3-15H,1-2H3,(H,24,25)/b6-5+,16-12+,17-7+. The predicted octanol–water partition coefficient (Wildman–Crippen LogP) is 5.98. The van der Waals surface area contributed by atoms with Crippen molar-refractivity contribution in [2.45, 2.75) is 13.8 Å². The van der Waals surface area contributed by atoms with E-state index in [-0.39, 0.29) is 0 Å². The molecule has 0 aliphatic heterocycles. The average Bonchev–Trinajstić information content (AvgIpc) is 2.58. The summed E-state index contributed by atoms with van der Waals surface area (Å²) < 4.78 is 0. The number of benzene rings is 3. The Hall–Kier alpha value is -3.13. The first-order valence-electron chi connectivity index (χ1n) is 8.22. The van der Waals surface area contributed by atoms with Crippen molar-refractivity contribution < 1.29 is 9.90 Å². The van der Waals surface area contributed by atoms with Crippen LogP contribution in [0.25, 0.3) is 27.1 Å². The topological polar surface area (TPSA) is 37.3 Å². The molecule has 0 aliphatic carbocycles. The van der Waals surface area contributed by atoms with Crippen LogP contribution in [0.5, 0.6) is 0 Å². The molecular weight excluding hydrogens is 308 g/mol. The molecule has 0 unspecified atom stereocenters. The van der Waals surface area contributed by atoms with Crippen molar-refractivity contribution in [1.29, 1.82) is 0 Å². The Bertz CT molecular complexity index is 1040. The van der Waals surface area contributed by atoms with E-state index in [0.717, 1.165) is 11.1 Å². The number of carboxylic acids is 1. The third kappa shape index (κ3) is 4.04. The molecule has 0 bridgehead atoms. The van der Waals surface area contributed by atoms with Gasteiger partial charge in [0.1, 0.15) is 0 Å². The molecule has 0 fully saturated rings. The summed E-state index contributed by atoms with van der Waals surface area (Å²) in [4.78, 5) is 10.6. The minimum atomic E-state index is -0.926. The SMILES string of the molecule is CC(/C=C/C=C(\C)c1ccc2cc3ccccc3cc2c1)=C\C(=O)O. The largest absolute Gasteiger partial charge is 0.478 e. The average molecular weight is 328 g/mol. The second-order valence-electron chi connectivity index (χ2n) is 6.20. The van der Waals surface area contributed by atoms with Gasteiger partial charge in [-0.1, -0.05) is 54.6 Å². The lowest BCUT2D eigenvalue weighted by Gasteiger charge is -2.06. The van der Waals surface area contributed by atoms with Crippen LogP contribution in [-0.2, 0) is 4.79 Å². The van der Waals surface area contributed by atoms with Crippen molar-refractivity contribution >= 4 is 33.1 Å². The van der Waals surface area contributed by atoms with E-state index in [0.29, 0.717) is 5.57 Å². The molecule has 3 aromatic carbocycles. The molecule has 0 amide bonds. The molecule has 124 valence electrons. The lowest BCUT2D eigenvalue weighted by atomic mass is 9.99. The summed E-state index contributed by atoms with van der Waals surface area (Å²) in [6.07, 6.45) is 6.88. The number of aliphatic carboxylic acids is 1. The smallest absolute Gasteiger partial charge is 0.328 e. The maximum atomic E-state index is 10.6. The van der Waals surface area contributed by atoms with Crippen LogP contribution >= 0.6 is 0 Å². The Labute approximate surface area is 147 Å². The highest BCUT2D eigenvalue weighted by atomic mass is 16.4. The zero-order valence-corrected chi connectivity index (χ0v) is 14.4. The maximum Gasteiger partial charge on any atom is 0.328 e. The monoisotopic (exact) mass is 328 g/mol. The molecular formula is C23H20O2. The van der Waals surface area contributed by atoms with Gasteiger partial charge in [-0.3, -0.25) is 0 Å². The van der Waals surface area contributed by atoms with Crippen molar-refractivity contribution in [1.82, 2.24) is 0 Å². The number of allylic oxidation sites excluding steroid dienone is 5. The van der Waals surface area contributed by atoms with Crippen LogP contribution in [0, 0.1) is 0 Å². The molecule has 1 N–H and O–H groups in total. The summed E-state index contributed by atoms with van der Waals surface area (Å²) in [7, 11) is 0. The molecule has 2 heteroatoms. The summed E-state index contributed by atoms with van der Waals surface area (Å²) >= 11 is 0. The molecule has 0 radical (unpaired) electrons. The van der Waals surface area contributed by atoms with Crippen LogP contribution in [0.1, 0.15) is 19.4 Å². The highest BCUT2D eigenvalue weighted by Gasteiger charge is 2.01. The fourth-order valence-electron chi connectivity index (χ4n) is 2.87. The van der Waals surface area contributed by atoms with E-state index < -0.39 is 5.97 Å². The summed E-state index contributed by atoms with van der Waals surface area (Å²) in [6, 6.07) is 19.3. The van der Waals surface area contributed by atoms with E-state index in [1.165, 1.54) is 27.6 Å². The van der Waals surface area contributed by atoms with Gasteiger partial charge in [-0.05, 0) is 70.3 Å². The Morgan fingerprint density at radius 1 is 0.880 bits per heavy atom. The van der Waals surface area contributed by atoms with Crippen LogP contribution in [0.15, 0.2) is 84.5 Å². The van der Waals surface area contributed by atoms with Gasteiger partial charge in [-0.15, -0.1) is 0 Å². The van der Waals surface area contributed by atoms with Crippen molar-refractivity contribution in [2.75, 3.05) is 0 Å². The van der Waals surface area contributed by atoms with Crippen molar-refractivity contribution in [3.63, 3.8) is 0 Å². The molecule has 0 spiro atoms. The molecule has 0 aromatic heterocycles. The zero-order chi connectivity index (χ0) is 17.8. The van der Waals surface area contributed by atoms with Gasteiger partial charge >= 0.3 is 5.97 Å². The molecule has 0 aliphatic rings. The Kier molecular flexibility index (Phi) is 4.80. The van der Waals surface area contributed by atoms with Gasteiger partial charge in [0.05, 0.1) is 0 Å². The van der Waals surface area contributed by atoms with Gasteiger partial charge < -0.3 is 5.11 Å². The predicted molar refractivity (Wildman–Crippen MR) is 106 cm³/mol. The Morgan fingerprint density at radius 3 is 2.20 bits per heavy atom. The molecule has 0 saturated carbocycles. The van der Waals surface area contributed by atoms with Gasteiger partial charge in [0.15, 0.2) is 0 Å². The van der Waals surface area contributed by atoms with E-state index in [9.17, 15) is 4.79 Å². The Morgan fingerprint density at radius 2 is 1.52 bits per heavy atom. The van der Waals surface area contributed by atoms with Gasteiger partial charge in [-0.2, -0.15) is 0 Å². The third-order valence-electron chi connectivity index (χ3n) is 4.22. The first-order valence-corrected chi connectivity index (χ1v) is 8.22. The molecule has 0 saturated heterocycles. The lowest BCUT2D eigenvalue weighted by molar-refractivity contribution is -0.131. The number of carbonyl (C=O) groups is 1. The van der Waals surface area contributed by atoms with E-state index >= 15 is 0 Å². The van der Waals surface area contributed by atoms with Crippen molar-refractivity contribution in [3.05, 3.63) is 90.0 Å². The van der Waals surface area contributed by atoms with E-state index in [1.54, 1.807) is 13.0 Å². The zero-order valence-electron chi connectivity index (χ0n) is 14.4. The fourth-order valence-corrected chi connectivity index (χ4v) is 2.87. The second-order valence-corrected chi connectivity index (χ2v) is 6.20. The van der Waals surface area contributed by atoms with Gasteiger partial charge in [-0.25, -0.2) is 4.79 Å². The minimum absolute atomic E-state index is 0.710. The summed E-state index contributed by atoms with van der Waals surface area (Å²) in [5.74, 6) is -0.926. The third-order valence-corrected chi connectivity index (χ3v) is 4.22. The summed E-state index contributed by atoms with van der Waals surface area (Å²) in [5.41, 5.74) is 3.00.